The Kier molecular flexibility index (Phi) is 3.33. The molecule has 0 saturated carbocycles. The van der Waals surface area contributed by atoms with E-state index in [4.69, 9.17) is 4.74 Å². The smallest absolute Gasteiger partial charge is 0.310 e. The molecule has 1 aromatic heterocycles. The zero-order valence-electron chi connectivity index (χ0n) is 10.2. The van der Waals surface area contributed by atoms with Crippen molar-refractivity contribution in [2.75, 3.05) is 11.9 Å². The number of anilines is 1. The van der Waals surface area contributed by atoms with Crippen LogP contribution in [0, 0.1) is 17.8 Å². The van der Waals surface area contributed by atoms with Gasteiger partial charge in [-0.1, -0.05) is 12.2 Å². The summed E-state index contributed by atoms with van der Waals surface area (Å²) in [7, 11) is 0. The number of carbonyl (C=O) groups excluding carboxylic acids is 2. The summed E-state index contributed by atoms with van der Waals surface area (Å²) in [5, 5.41) is 5.14. The summed E-state index contributed by atoms with van der Waals surface area (Å²) in [5.41, 5.74) is 0. The highest BCUT2D eigenvalue weighted by atomic mass is 32.1. The molecule has 2 heterocycles. The van der Waals surface area contributed by atoms with Crippen LogP contribution >= 0.6 is 11.3 Å². The van der Waals surface area contributed by atoms with Crippen LogP contribution in [0.15, 0.2) is 23.7 Å². The Bertz CT molecular complexity index is 512. The molecule has 19 heavy (non-hydrogen) atoms. The van der Waals surface area contributed by atoms with Gasteiger partial charge in [-0.25, -0.2) is 4.98 Å². The number of carbonyl (C=O) groups is 2. The van der Waals surface area contributed by atoms with Gasteiger partial charge in [-0.05, 0) is 18.8 Å². The van der Waals surface area contributed by atoms with E-state index in [0.29, 0.717) is 18.2 Å². The molecule has 2 aliphatic rings. The zero-order chi connectivity index (χ0) is 13.2. The Labute approximate surface area is 114 Å². The molecule has 0 aromatic carbocycles. The van der Waals surface area contributed by atoms with E-state index >= 15 is 0 Å². The highest BCUT2D eigenvalue weighted by Crippen LogP contribution is 2.36. The fourth-order valence-electron chi connectivity index (χ4n) is 2.72. The van der Waals surface area contributed by atoms with Crippen LogP contribution in [0.4, 0.5) is 5.13 Å². The Morgan fingerprint density at radius 2 is 2.42 bits per heavy atom. The van der Waals surface area contributed by atoms with E-state index in [1.165, 1.54) is 11.3 Å². The van der Waals surface area contributed by atoms with Gasteiger partial charge in [0.05, 0.1) is 18.4 Å². The van der Waals surface area contributed by atoms with Crippen molar-refractivity contribution in [1.82, 2.24) is 4.98 Å². The van der Waals surface area contributed by atoms with Gasteiger partial charge < -0.3 is 10.1 Å². The fraction of sp³-hybridized carbons (Fsp3) is 0.462. The van der Waals surface area contributed by atoms with Gasteiger partial charge in [-0.15, -0.1) is 11.3 Å². The SMILES string of the molecule is O=C1OCC[C@H]2C=CC[C@@H](C(=O)Nc3nccs3)[C@@H]12. The van der Waals surface area contributed by atoms with Gasteiger partial charge >= 0.3 is 5.97 Å². The predicted molar refractivity (Wildman–Crippen MR) is 70.5 cm³/mol. The number of aromatic nitrogens is 1. The number of rotatable bonds is 2. The van der Waals surface area contributed by atoms with Crippen LogP contribution in [0.5, 0.6) is 0 Å². The van der Waals surface area contributed by atoms with Crippen molar-refractivity contribution in [3.05, 3.63) is 23.7 Å². The Morgan fingerprint density at radius 1 is 1.53 bits per heavy atom. The number of thiazole rings is 1. The molecule has 0 bridgehead atoms. The van der Waals surface area contributed by atoms with Gasteiger partial charge in [0.1, 0.15) is 0 Å². The second-order valence-corrected chi connectivity index (χ2v) is 5.64. The van der Waals surface area contributed by atoms with Gasteiger partial charge in [0, 0.05) is 11.6 Å². The summed E-state index contributed by atoms with van der Waals surface area (Å²) in [5.74, 6) is -0.972. The largest absolute Gasteiger partial charge is 0.465 e. The van der Waals surface area contributed by atoms with Crippen molar-refractivity contribution in [3.63, 3.8) is 0 Å². The summed E-state index contributed by atoms with van der Waals surface area (Å²) in [6.45, 7) is 0.450. The number of nitrogens with zero attached hydrogens (tertiary/aromatic N) is 1. The van der Waals surface area contributed by atoms with Crippen molar-refractivity contribution in [1.29, 1.82) is 0 Å². The van der Waals surface area contributed by atoms with E-state index in [1.807, 2.05) is 12.2 Å². The second kappa shape index (κ2) is 5.13. The predicted octanol–water partition coefficient (Wildman–Crippen LogP) is 1.84. The third-order valence-electron chi connectivity index (χ3n) is 3.63. The van der Waals surface area contributed by atoms with Crippen molar-refractivity contribution in [3.8, 4) is 0 Å². The number of esters is 1. The van der Waals surface area contributed by atoms with E-state index in [0.717, 1.165) is 6.42 Å². The van der Waals surface area contributed by atoms with Crippen LogP contribution < -0.4 is 5.32 Å². The van der Waals surface area contributed by atoms with Gasteiger partial charge in [0.2, 0.25) is 5.91 Å². The van der Waals surface area contributed by atoms with Crippen LogP contribution in [0.1, 0.15) is 12.8 Å². The Balaban J connectivity index is 1.77. The maximum Gasteiger partial charge on any atom is 0.310 e. The molecule has 1 saturated heterocycles. The average molecular weight is 278 g/mol. The lowest BCUT2D eigenvalue weighted by atomic mass is 9.73. The van der Waals surface area contributed by atoms with Gasteiger partial charge in [-0.2, -0.15) is 0 Å². The molecule has 1 aliphatic carbocycles. The normalized spacial score (nSPS) is 29.5. The average Bonchev–Trinajstić information content (AvgIpc) is 2.91. The minimum atomic E-state index is -0.355. The molecule has 100 valence electrons. The van der Waals surface area contributed by atoms with E-state index < -0.39 is 0 Å². The number of ether oxygens (including phenoxy) is 1. The highest BCUT2D eigenvalue weighted by molar-refractivity contribution is 7.13. The van der Waals surface area contributed by atoms with Crippen LogP contribution in [0.3, 0.4) is 0 Å². The topological polar surface area (TPSA) is 68.3 Å². The summed E-state index contributed by atoms with van der Waals surface area (Å²) >= 11 is 1.37. The van der Waals surface area contributed by atoms with Crippen LogP contribution in [0.25, 0.3) is 0 Å². The van der Waals surface area contributed by atoms with Crippen LogP contribution in [-0.4, -0.2) is 23.5 Å². The number of fused-ring (bicyclic) bond motifs is 1. The molecule has 0 unspecified atom stereocenters. The van der Waals surface area contributed by atoms with Gasteiger partial charge in [0.15, 0.2) is 5.13 Å². The first-order chi connectivity index (χ1) is 9.25. The molecule has 1 N–H and O–H groups in total. The van der Waals surface area contributed by atoms with Gasteiger partial charge in [0.25, 0.3) is 0 Å². The van der Waals surface area contributed by atoms with E-state index in [9.17, 15) is 9.59 Å². The molecule has 6 heteroatoms. The van der Waals surface area contributed by atoms with Gasteiger partial charge in [-0.3, -0.25) is 9.59 Å². The first-order valence-electron chi connectivity index (χ1n) is 6.29. The maximum atomic E-state index is 12.3. The molecular weight excluding hydrogens is 264 g/mol. The fourth-order valence-corrected chi connectivity index (χ4v) is 3.26. The number of amides is 1. The Morgan fingerprint density at radius 3 is 3.21 bits per heavy atom. The quantitative estimate of drug-likeness (QED) is 0.662. The van der Waals surface area contributed by atoms with E-state index in [2.05, 4.69) is 10.3 Å². The number of hydrogen-bond donors (Lipinski definition) is 1. The molecule has 1 amide bonds. The van der Waals surface area contributed by atoms with Crippen LogP contribution in [0.2, 0.25) is 0 Å². The molecule has 1 fully saturated rings. The van der Waals surface area contributed by atoms with E-state index in [-0.39, 0.29) is 29.6 Å². The molecule has 3 atom stereocenters. The molecule has 0 radical (unpaired) electrons. The maximum absolute atomic E-state index is 12.3. The number of cyclic esters (lactones) is 1. The monoisotopic (exact) mass is 278 g/mol. The summed E-state index contributed by atoms with van der Waals surface area (Å²) in [6, 6.07) is 0. The lowest BCUT2D eigenvalue weighted by Gasteiger charge is -2.35. The molecule has 0 spiro atoms. The third-order valence-corrected chi connectivity index (χ3v) is 4.32. The molecule has 3 rings (SSSR count). The third kappa shape index (κ3) is 2.40. The molecule has 1 aromatic rings. The first kappa shape index (κ1) is 12.3. The minimum Gasteiger partial charge on any atom is -0.465 e. The van der Waals surface area contributed by atoms with E-state index in [1.54, 1.807) is 11.6 Å². The minimum absolute atomic E-state index is 0.127. The number of allylic oxidation sites excluding steroid dienone is 2. The van der Waals surface area contributed by atoms with Crippen molar-refractivity contribution in [2.24, 2.45) is 17.8 Å². The second-order valence-electron chi connectivity index (χ2n) is 4.74. The number of nitrogens with one attached hydrogen (secondary N) is 1. The zero-order valence-corrected chi connectivity index (χ0v) is 11.1. The van der Waals surface area contributed by atoms with Crippen molar-refractivity contribution in [2.45, 2.75) is 12.8 Å². The summed E-state index contributed by atoms with van der Waals surface area (Å²) in [4.78, 5) is 28.2. The summed E-state index contributed by atoms with van der Waals surface area (Å²) in [6.07, 6.45) is 7.05. The number of hydrogen-bond acceptors (Lipinski definition) is 5. The van der Waals surface area contributed by atoms with Crippen molar-refractivity contribution >= 4 is 28.3 Å². The Hall–Kier alpha value is -1.69. The molecule has 5 nitrogen and oxygen atoms in total. The first-order valence-corrected chi connectivity index (χ1v) is 7.17. The van der Waals surface area contributed by atoms with Crippen LogP contribution in [-0.2, 0) is 14.3 Å². The highest BCUT2D eigenvalue weighted by Gasteiger charge is 2.43. The van der Waals surface area contributed by atoms with Crippen molar-refractivity contribution < 1.29 is 14.3 Å². The lowest BCUT2D eigenvalue weighted by molar-refractivity contribution is -0.160. The molecule has 1 aliphatic heterocycles. The standard InChI is InChI=1S/C13H14N2O3S/c16-11(15-13-14-5-7-19-13)9-3-1-2-8-4-6-18-12(17)10(8)9/h1-2,5,7-10H,3-4,6H2,(H,14,15,16)/t8-,9-,10+/m1/s1. The lowest BCUT2D eigenvalue weighted by Crippen LogP contribution is -2.43. The summed E-state index contributed by atoms with van der Waals surface area (Å²) < 4.78 is 5.10. The molecular formula is C13H14N2O3S.